The van der Waals surface area contributed by atoms with Crippen LogP contribution in [0.3, 0.4) is 0 Å². The number of hydrogen-bond acceptors (Lipinski definition) is 3. The third-order valence-corrected chi connectivity index (χ3v) is 5.64. The van der Waals surface area contributed by atoms with Gasteiger partial charge in [-0.25, -0.2) is 8.42 Å². The lowest BCUT2D eigenvalue weighted by atomic mass is 10.2. The second-order valence-corrected chi connectivity index (χ2v) is 8.40. The molecule has 1 rings (SSSR count). The number of sulfonamides is 1. The van der Waals surface area contributed by atoms with Gasteiger partial charge >= 0.3 is 0 Å². The van der Waals surface area contributed by atoms with Gasteiger partial charge in [0.15, 0.2) is 0 Å². The highest BCUT2D eigenvalue weighted by Gasteiger charge is 2.32. The molecule has 1 saturated carbocycles. The molecular formula is C13H28N2O2S. The topological polar surface area (TPSA) is 49.4 Å². The quantitative estimate of drug-likeness (QED) is 0.736. The van der Waals surface area contributed by atoms with Crippen LogP contribution in [-0.2, 0) is 10.0 Å². The highest BCUT2D eigenvalue weighted by Crippen LogP contribution is 2.20. The van der Waals surface area contributed by atoms with Crippen LogP contribution in [0.1, 0.15) is 47.5 Å². The summed E-state index contributed by atoms with van der Waals surface area (Å²) >= 11 is 0. The Labute approximate surface area is 112 Å². The van der Waals surface area contributed by atoms with E-state index < -0.39 is 10.0 Å². The predicted octanol–water partition coefficient (Wildman–Crippen LogP) is 1.82. The molecule has 1 atom stereocenters. The summed E-state index contributed by atoms with van der Waals surface area (Å²) in [6.07, 6.45) is 2.37. The van der Waals surface area contributed by atoms with Crippen molar-refractivity contribution in [3.63, 3.8) is 0 Å². The fourth-order valence-corrected chi connectivity index (χ4v) is 3.79. The summed E-state index contributed by atoms with van der Waals surface area (Å²) in [6, 6.07) is 0.584. The smallest absolute Gasteiger partial charge is 0.218 e. The molecule has 1 aliphatic rings. The summed E-state index contributed by atoms with van der Waals surface area (Å²) in [4.78, 5) is 0. The SMILES string of the molecule is CC(C)CN(C(C)C)S(=O)(=O)C(C)CNC1CC1. The minimum absolute atomic E-state index is 0.0285. The van der Waals surface area contributed by atoms with Crippen molar-refractivity contribution in [2.75, 3.05) is 13.1 Å². The van der Waals surface area contributed by atoms with Crippen LogP contribution >= 0.6 is 0 Å². The van der Waals surface area contributed by atoms with E-state index in [4.69, 9.17) is 0 Å². The van der Waals surface area contributed by atoms with Crippen LogP contribution in [0.25, 0.3) is 0 Å². The van der Waals surface area contributed by atoms with Crippen molar-refractivity contribution in [3.05, 3.63) is 0 Å². The summed E-state index contributed by atoms with van der Waals surface area (Å²) < 4.78 is 26.7. The summed E-state index contributed by atoms with van der Waals surface area (Å²) in [5, 5.41) is 2.96. The van der Waals surface area contributed by atoms with E-state index in [0.29, 0.717) is 25.0 Å². The Kier molecular flexibility index (Phi) is 5.62. The largest absolute Gasteiger partial charge is 0.313 e. The zero-order valence-corrected chi connectivity index (χ0v) is 13.1. The van der Waals surface area contributed by atoms with Crippen LogP contribution in [0.2, 0.25) is 0 Å². The van der Waals surface area contributed by atoms with Crippen molar-refractivity contribution < 1.29 is 8.42 Å². The molecule has 0 aromatic heterocycles. The fraction of sp³-hybridized carbons (Fsp3) is 1.00. The molecule has 0 aromatic rings. The number of nitrogens with zero attached hydrogens (tertiary/aromatic N) is 1. The normalized spacial score (nSPS) is 18.9. The molecule has 0 saturated heterocycles. The van der Waals surface area contributed by atoms with Crippen molar-refractivity contribution in [3.8, 4) is 0 Å². The Morgan fingerprint density at radius 3 is 2.11 bits per heavy atom. The van der Waals surface area contributed by atoms with Crippen molar-refractivity contribution >= 4 is 10.0 Å². The van der Waals surface area contributed by atoms with Gasteiger partial charge in [-0.1, -0.05) is 13.8 Å². The van der Waals surface area contributed by atoms with Crippen molar-refractivity contribution in [1.29, 1.82) is 0 Å². The van der Waals surface area contributed by atoms with E-state index in [0.717, 1.165) is 0 Å². The van der Waals surface area contributed by atoms with E-state index in [1.165, 1.54) is 12.8 Å². The van der Waals surface area contributed by atoms with Crippen LogP contribution in [-0.4, -0.2) is 43.1 Å². The number of rotatable bonds is 8. The van der Waals surface area contributed by atoms with Gasteiger partial charge in [0.25, 0.3) is 0 Å². The first-order valence-electron chi connectivity index (χ1n) is 6.99. The lowest BCUT2D eigenvalue weighted by molar-refractivity contribution is 0.315. The van der Waals surface area contributed by atoms with E-state index in [1.54, 1.807) is 11.2 Å². The second kappa shape index (κ2) is 6.35. The number of hydrogen-bond donors (Lipinski definition) is 1. The van der Waals surface area contributed by atoms with Gasteiger partial charge in [0.05, 0.1) is 5.25 Å². The molecule has 0 aromatic carbocycles. The molecule has 0 amide bonds. The molecular weight excluding hydrogens is 248 g/mol. The van der Waals surface area contributed by atoms with Gasteiger partial charge in [0, 0.05) is 25.2 Å². The van der Waals surface area contributed by atoms with E-state index in [-0.39, 0.29) is 11.3 Å². The summed E-state index contributed by atoms with van der Waals surface area (Å²) in [5.74, 6) is 0.353. The molecule has 5 heteroatoms. The first-order valence-corrected chi connectivity index (χ1v) is 8.49. The molecule has 1 aliphatic carbocycles. The average molecular weight is 276 g/mol. The zero-order chi connectivity index (χ0) is 13.9. The van der Waals surface area contributed by atoms with Gasteiger partial charge in [-0.2, -0.15) is 4.31 Å². The minimum Gasteiger partial charge on any atom is -0.313 e. The third kappa shape index (κ3) is 4.52. The van der Waals surface area contributed by atoms with Crippen molar-refractivity contribution in [2.24, 2.45) is 5.92 Å². The maximum atomic E-state index is 12.5. The summed E-state index contributed by atoms with van der Waals surface area (Å²) in [6.45, 7) is 11.0. The first kappa shape index (κ1) is 15.9. The molecule has 0 heterocycles. The molecule has 1 unspecified atom stereocenters. The molecule has 108 valence electrons. The molecule has 0 bridgehead atoms. The Morgan fingerprint density at radius 1 is 1.17 bits per heavy atom. The maximum Gasteiger partial charge on any atom is 0.218 e. The monoisotopic (exact) mass is 276 g/mol. The van der Waals surface area contributed by atoms with Gasteiger partial charge in [0.1, 0.15) is 0 Å². The second-order valence-electron chi connectivity index (χ2n) is 6.10. The van der Waals surface area contributed by atoms with Gasteiger partial charge in [-0.05, 0) is 39.5 Å². The van der Waals surface area contributed by atoms with Crippen LogP contribution in [0.15, 0.2) is 0 Å². The molecule has 1 fully saturated rings. The van der Waals surface area contributed by atoms with E-state index in [2.05, 4.69) is 19.2 Å². The summed E-state index contributed by atoms with van der Waals surface area (Å²) in [7, 11) is -3.19. The van der Waals surface area contributed by atoms with Crippen molar-refractivity contribution in [1.82, 2.24) is 9.62 Å². The third-order valence-electron chi connectivity index (χ3n) is 3.23. The number of nitrogens with one attached hydrogen (secondary N) is 1. The molecule has 0 aliphatic heterocycles. The van der Waals surface area contributed by atoms with Crippen LogP contribution in [0.4, 0.5) is 0 Å². The van der Waals surface area contributed by atoms with E-state index in [9.17, 15) is 8.42 Å². The van der Waals surface area contributed by atoms with E-state index >= 15 is 0 Å². The van der Waals surface area contributed by atoms with Crippen LogP contribution in [0, 0.1) is 5.92 Å². The van der Waals surface area contributed by atoms with Crippen LogP contribution < -0.4 is 5.32 Å². The van der Waals surface area contributed by atoms with Gasteiger partial charge in [-0.3, -0.25) is 0 Å². The Morgan fingerprint density at radius 2 is 1.72 bits per heavy atom. The minimum atomic E-state index is -3.19. The predicted molar refractivity (Wildman–Crippen MR) is 76.1 cm³/mol. The zero-order valence-electron chi connectivity index (χ0n) is 12.3. The van der Waals surface area contributed by atoms with Gasteiger partial charge < -0.3 is 5.32 Å². The molecule has 0 spiro atoms. The standard InChI is InChI=1S/C13H28N2O2S/c1-10(2)9-15(11(3)4)18(16,17)12(5)8-14-13-6-7-13/h10-14H,6-9H2,1-5H3. The maximum absolute atomic E-state index is 12.5. The molecule has 18 heavy (non-hydrogen) atoms. The fourth-order valence-electron chi connectivity index (χ4n) is 1.92. The Balaban J connectivity index is 2.65. The molecule has 4 nitrogen and oxygen atoms in total. The van der Waals surface area contributed by atoms with Gasteiger partial charge in [0.2, 0.25) is 10.0 Å². The average Bonchev–Trinajstić information content (AvgIpc) is 3.05. The highest BCUT2D eigenvalue weighted by atomic mass is 32.2. The molecule has 1 N–H and O–H groups in total. The highest BCUT2D eigenvalue weighted by molar-refractivity contribution is 7.89. The lowest BCUT2D eigenvalue weighted by Crippen LogP contribution is -2.46. The van der Waals surface area contributed by atoms with Gasteiger partial charge in [-0.15, -0.1) is 0 Å². The van der Waals surface area contributed by atoms with E-state index in [1.807, 2.05) is 13.8 Å². The Hall–Kier alpha value is -0.130. The first-order chi connectivity index (χ1) is 8.25. The van der Waals surface area contributed by atoms with Crippen molar-refractivity contribution in [2.45, 2.75) is 64.8 Å². The molecule has 0 radical (unpaired) electrons. The Bertz CT molecular complexity index is 348. The summed E-state index contributed by atoms with van der Waals surface area (Å²) in [5.41, 5.74) is 0. The lowest BCUT2D eigenvalue weighted by Gasteiger charge is -2.30. The van der Waals surface area contributed by atoms with Crippen LogP contribution in [0.5, 0.6) is 0 Å².